The van der Waals surface area contributed by atoms with E-state index < -0.39 is 6.55 Å². The lowest BCUT2D eigenvalue weighted by Crippen LogP contribution is -2.28. The van der Waals surface area contributed by atoms with Crippen LogP contribution in [-0.2, 0) is 12.3 Å². The predicted molar refractivity (Wildman–Crippen MR) is 96.5 cm³/mol. The van der Waals surface area contributed by atoms with Crippen LogP contribution in [-0.4, -0.2) is 32.6 Å². The molecule has 1 aromatic carbocycles. The predicted octanol–water partition coefficient (Wildman–Crippen LogP) is 4.14. The van der Waals surface area contributed by atoms with Crippen molar-refractivity contribution in [1.29, 1.82) is 0 Å². The molecule has 0 aliphatic heterocycles. The van der Waals surface area contributed by atoms with Crippen molar-refractivity contribution in [2.45, 2.75) is 30.7 Å². The third-order valence-corrected chi connectivity index (χ3v) is 4.94. The average molecular weight is 392 g/mol. The van der Waals surface area contributed by atoms with Crippen LogP contribution in [0.3, 0.4) is 0 Å². The van der Waals surface area contributed by atoms with E-state index in [0.717, 1.165) is 15.2 Å². The topological polar surface area (TPSA) is 64.2 Å². The summed E-state index contributed by atoms with van der Waals surface area (Å²) in [7, 11) is 1.56. The molecule has 0 aliphatic rings. The van der Waals surface area contributed by atoms with Gasteiger partial charge in [0.05, 0.1) is 23.6 Å². The van der Waals surface area contributed by atoms with Gasteiger partial charge < -0.3 is 9.42 Å². The molecule has 0 radical (unpaired) electrons. The first-order chi connectivity index (χ1) is 13.0. The highest BCUT2D eigenvalue weighted by Crippen LogP contribution is 2.27. The van der Waals surface area contributed by atoms with Gasteiger partial charge in [0, 0.05) is 30.4 Å². The van der Waals surface area contributed by atoms with Gasteiger partial charge in [0.2, 0.25) is 0 Å². The summed E-state index contributed by atoms with van der Waals surface area (Å²) in [6.45, 7) is -0.872. The van der Waals surface area contributed by atoms with E-state index in [1.807, 2.05) is 25.1 Å². The molecule has 0 unspecified atom stereocenters. The molecule has 0 fully saturated rings. The number of carbonyl (C=O) groups excluding carboxylic acids is 1. The van der Waals surface area contributed by atoms with E-state index in [9.17, 15) is 13.6 Å². The Hall–Kier alpha value is -2.68. The van der Waals surface area contributed by atoms with Crippen LogP contribution >= 0.6 is 11.8 Å². The highest BCUT2D eigenvalue weighted by atomic mass is 32.2. The van der Waals surface area contributed by atoms with E-state index in [2.05, 4.69) is 10.1 Å². The minimum atomic E-state index is -2.70. The number of aromatic nitrogens is 3. The lowest BCUT2D eigenvalue weighted by molar-refractivity contribution is 0.0611. The normalized spacial score (nSPS) is 11.1. The molecule has 2 aromatic heterocycles. The van der Waals surface area contributed by atoms with Crippen LogP contribution in [0.25, 0.3) is 0 Å². The van der Waals surface area contributed by atoms with Gasteiger partial charge in [-0.05, 0) is 19.1 Å². The zero-order valence-electron chi connectivity index (χ0n) is 14.8. The Morgan fingerprint density at radius 3 is 2.85 bits per heavy atom. The number of imidazole rings is 1. The quantitative estimate of drug-likeness (QED) is 0.566. The maximum absolute atomic E-state index is 13.0. The summed E-state index contributed by atoms with van der Waals surface area (Å²) in [6.07, 6.45) is 2.49. The lowest BCUT2D eigenvalue weighted by Gasteiger charge is -2.19. The summed E-state index contributed by atoms with van der Waals surface area (Å²) in [5.41, 5.74) is 1.29. The third-order valence-electron chi connectivity index (χ3n) is 3.85. The Balaban J connectivity index is 1.73. The van der Waals surface area contributed by atoms with Gasteiger partial charge in [0.15, 0.2) is 0 Å². The van der Waals surface area contributed by atoms with Crippen molar-refractivity contribution in [2.24, 2.45) is 0 Å². The minimum Gasteiger partial charge on any atom is -0.360 e. The van der Waals surface area contributed by atoms with Crippen LogP contribution in [0, 0.1) is 6.92 Å². The zero-order valence-corrected chi connectivity index (χ0v) is 15.6. The lowest BCUT2D eigenvalue weighted by atomic mass is 10.2. The number of benzene rings is 1. The molecule has 2 heterocycles. The monoisotopic (exact) mass is 392 g/mol. The zero-order chi connectivity index (χ0) is 19.4. The number of rotatable bonds is 7. The first-order valence-electron chi connectivity index (χ1n) is 8.15. The Kier molecular flexibility index (Phi) is 5.90. The largest absolute Gasteiger partial charge is 0.360 e. The van der Waals surface area contributed by atoms with Crippen molar-refractivity contribution in [3.63, 3.8) is 0 Å². The summed E-state index contributed by atoms with van der Waals surface area (Å²) in [4.78, 5) is 18.9. The number of aryl methyl sites for hydroxylation is 1. The van der Waals surface area contributed by atoms with Crippen LogP contribution in [0.15, 0.2) is 52.1 Å². The van der Waals surface area contributed by atoms with E-state index in [4.69, 9.17) is 4.52 Å². The van der Waals surface area contributed by atoms with E-state index >= 15 is 0 Å². The molecule has 0 bridgehead atoms. The molecular weight excluding hydrogens is 374 g/mol. The number of hydrogen-bond acceptors (Lipinski definition) is 5. The highest BCUT2D eigenvalue weighted by Gasteiger charge is 2.19. The Bertz CT molecular complexity index is 925. The minimum absolute atomic E-state index is 0.0174. The molecule has 0 N–H and O–H groups in total. The average Bonchev–Trinajstić information content (AvgIpc) is 3.28. The summed E-state index contributed by atoms with van der Waals surface area (Å²) in [5.74, 6) is 1.11. The fourth-order valence-corrected chi connectivity index (χ4v) is 3.46. The third kappa shape index (κ3) is 4.54. The molecule has 6 nitrogen and oxygen atoms in total. The van der Waals surface area contributed by atoms with Gasteiger partial charge in [-0.1, -0.05) is 17.3 Å². The van der Waals surface area contributed by atoms with Gasteiger partial charge in [0.1, 0.15) is 11.6 Å². The second-order valence-electron chi connectivity index (χ2n) is 5.91. The van der Waals surface area contributed by atoms with Gasteiger partial charge in [-0.15, -0.1) is 11.8 Å². The fourth-order valence-electron chi connectivity index (χ4n) is 2.54. The van der Waals surface area contributed by atoms with Gasteiger partial charge >= 0.3 is 6.55 Å². The van der Waals surface area contributed by atoms with Gasteiger partial charge in [-0.25, -0.2) is 4.98 Å². The van der Waals surface area contributed by atoms with Gasteiger partial charge in [0.25, 0.3) is 5.91 Å². The van der Waals surface area contributed by atoms with Crippen LogP contribution in [0.4, 0.5) is 8.78 Å². The molecule has 0 aliphatic carbocycles. The maximum atomic E-state index is 13.0. The molecule has 3 aromatic rings. The molecule has 142 valence electrons. The SMILES string of the molecule is Cc1cc(CSc2ccccc2C(=O)N(C)Cc2nccn2C(F)F)on1. The molecule has 0 spiro atoms. The standard InChI is InChI=1S/C18H18F2N4O2S/c1-12-9-13(26-22-12)11-27-15-6-4-3-5-14(15)17(25)23(2)10-16-21-7-8-24(16)18(19)20/h3-9,18H,10-11H2,1-2H3. The second kappa shape index (κ2) is 8.34. The molecular formula is C18H18F2N4O2S. The van der Waals surface area contributed by atoms with Crippen molar-refractivity contribution in [2.75, 3.05) is 7.05 Å². The van der Waals surface area contributed by atoms with Crippen LogP contribution in [0.5, 0.6) is 0 Å². The Morgan fingerprint density at radius 1 is 1.37 bits per heavy atom. The number of amides is 1. The second-order valence-corrected chi connectivity index (χ2v) is 6.93. The summed E-state index contributed by atoms with van der Waals surface area (Å²) >= 11 is 1.45. The Labute approximate surface area is 159 Å². The van der Waals surface area contributed by atoms with Crippen molar-refractivity contribution in [3.8, 4) is 0 Å². The number of halogens is 2. The van der Waals surface area contributed by atoms with Gasteiger partial charge in [-0.2, -0.15) is 8.78 Å². The van der Waals surface area contributed by atoms with E-state index in [-0.39, 0.29) is 18.3 Å². The number of alkyl halides is 2. The van der Waals surface area contributed by atoms with Crippen molar-refractivity contribution in [1.82, 2.24) is 19.6 Å². The summed E-state index contributed by atoms with van der Waals surface area (Å²) < 4.78 is 31.9. The molecule has 27 heavy (non-hydrogen) atoms. The van der Waals surface area contributed by atoms with Crippen molar-refractivity contribution < 1.29 is 18.1 Å². The first kappa shape index (κ1) is 19.1. The summed E-state index contributed by atoms with van der Waals surface area (Å²) in [6, 6.07) is 9.01. The highest BCUT2D eigenvalue weighted by molar-refractivity contribution is 7.98. The van der Waals surface area contributed by atoms with E-state index in [1.165, 1.54) is 29.1 Å². The van der Waals surface area contributed by atoms with Crippen LogP contribution in [0.2, 0.25) is 0 Å². The molecule has 0 saturated carbocycles. The number of thioether (sulfide) groups is 1. The molecule has 0 saturated heterocycles. The smallest absolute Gasteiger partial charge is 0.319 e. The summed E-state index contributed by atoms with van der Waals surface area (Å²) in [5, 5.41) is 3.84. The fraction of sp³-hybridized carbons (Fsp3) is 0.278. The molecule has 9 heteroatoms. The molecule has 0 atom stereocenters. The number of nitrogens with zero attached hydrogens (tertiary/aromatic N) is 4. The first-order valence-corrected chi connectivity index (χ1v) is 9.13. The molecule has 3 rings (SSSR count). The molecule has 1 amide bonds. The maximum Gasteiger partial charge on any atom is 0.319 e. The van der Waals surface area contributed by atoms with E-state index in [1.54, 1.807) is 19.2 Å². The van der Waals surface area contributed by atoms with Crippen LogP contribution < -0.4 is 0 Å². The van der Waals surface area contributed by atoms with Crippen molar-refractivity contribution in [3.05, 3.63) is 65.6 Å². The number of carbonyl (C=O) groups is 1. The van der Waals surface area contributed by atoms with E-state index in [0.29, 0.717) is 17.1 Å². The Morgan fingerprint density at radius 2 is 2.15 bits per heavy atom. The van der Waals surface area contributed by atoms with Crippen molar-refractivity contribution >= 4 is 17.7 Å². The number of hydrogen-bond donors (Lipinski definition) is 0. The van der Waals surface area contributed by atoms with Gasteiger partial charge in [-0.3, -0.25) is 9.36 Å². The van der Waals surface area contributed by atoms with Crippen LogP contribution in [0.1, 0.15) is 34.2 Å².